The number of rotatable bonds is 3. The van der Waals surface area contributed by atoms with E-state index in [0.717, 1.165) is 5.16 Å². The lowest BCUT2D eigenvalue weighted by Crippen LogP contribution is -1.98. The molecule has 2 aromatic rings. The first-order valence-electron chi connectivity index (χ1n) is 4.43. The smallest absolute Gasteiger partial charge is 0.223 e. The van der Waals surface area contributed by atoms with E-state index in [0.29, 0.717) is 16.0 Å². The Balaban J connectivity index is 2.30. The molecule has 0 aliphatic rings. The fourth-order valence-electron chi connectivity index (χ4n) is 1.01. The molecule has 0 saturated heterocycles. The maximum absolute atomic E-state index is 5.99. The van der Waals surface area contributed by atoms with Crippen LogP contribution in [0.25, 0.3) is 0 Å². The highest BCUT2D eigenvalue weighted by Crippen LogP contribution is 2.29. The average molecular weight is 257 g/mol. The maximum Gasteiger partial charge on any atom is 0.223 e. The monoisotopic (exact) mass is 256 g/mol. The van der Waals surface area contributed by atoms with Gasteiger partial charge in [-0.1, -0.05) is 11.6 Å². The van der Waals surface area contributed by atoms with Gasteiger partial charge in [-0.25, -0.2) is 19.6 Å². The summed E-state index contributed by atoms with van der Waals surface area (Å²) < 4.78 is 1.65. The van der Waals surface area contributed by atoms with Gasteiger partial charge in [-0.15, -0.1) is 0 Å². The van der Waals surface area contributed by atoms with Crippen LogP contribution in [0.3, 0.4) is 0 Å². The van der Waals surface area contributed by atoms with E-state index < -0.39 is 0 Å². The van der Waals surface area contributed by atoms with Crippen LogP contribution in [0.1, 0.15) is 0 Å². The number of aromatic nitrogens is 5. The highest BCUT2D eigenvalue weighted by atomic mass is 35.5. The molecule has 84 valence electrons. The quantitative estimate of drug-likeness (QED) is 0.839. The lowest BCUT2D eigenvalue weighted by Gasteiger charge is -2.04. The highest BCUT2D eigenvalue weighted by molar-refractivity contribution is 7.99. The molecule has 0 bridgehead atoms. The van der Waals surface area contributed by atoms with Crippen LogP contribution in [-0.4, -0.2) is 31.8 Å². The van der Waals surface area contributed by atoms with E-state index in [9.17, 15) is 0 Å². The SMILES string of the molecule is CNc1ncc(Cl)c(Sc2ncnn2C)n1. The summed E-state index contributed by atoms with van der Waals surface area (Å²) in [6, 6.07) is 0. The predicted octanol–water partition coefficient (Wildman–Crippen LogP) is 1.45. The third-order valence-corrected chi connectivity index (χ3v) is 3.24. The molecule has 0 fully saturated rings. The van der Waals surface area contributed by atoms with Gasteiger partial charge in [-0.3, -0.25) is 0 Å². The summed E-state index contributed by atoms with van der Waals surface area (Å²) >= 11 is 7.33. The van der Waals surface area contributed by atoms with Gasteiger partial charge in [-0.2, -0.15) is 5.10 Å². The largest absolute Gasteiger partial charge is 0.357 e. The van der Waals surface area contributed by atoms with Crippen molar-refractivity contribution in [3.8, 4) is 0 Å². The Labute approximate surface area is 101 Å². The fraction of sp³-hybridized carbons (Fsp3) is 0.250. The first-order chi connectivity index (χ1) is 7.70. The van der Waals surface area contributed by atoms with Crippen molar-refractivity contribution in [3.05, 3.63) is 17.5 Å². The Bertz CT molecular complexity index is 499. The lowest BCUT2D eigenvalue weighted by atomic mass is 10.6. The van der Waals surface area contributed by atoms with Gasteiger partial charge < -0.3 is 5.32 Å². The molecule has 2 heterocycles. The van der Waals surface area contributed by atoms with Gasteiger partial charge in [0, 0.05) is 14.1 Å². The van der Waals surface area contributed by atoms with Gasteiger partial charge in [0.1, 0.15) is 11.4 Å². The summed E-state index contributed by atoms with van der Waals surface area (Å²) in [4.78, 5) is 12.3. The van der Waals surface area contributed by atoms with Crippen molar-refractivity contribution in [2.24, 2.45) is 7.05 Å². The van der Waals surface area contributed by atoms with E-state index in [1.54, 1.807) is 17.9 Å². The molecule has 2 aromatic heterocycles. The van der Waals surface area contributed by atoms with Gasteiger partial charge in [0.25, 0.3) is 0 Å². The summed E-state index contributed by atoms with van der Waals surface area (Å²) in [5.41, 5.74) is 0. The molecular formula is C8H9ClN6S. The number of aryl methyl sites for hydroxylation is 1. The summed E-state index contributed by atoms with van der Waals surface area (Å²) in [7, 11) is 3.56. The molecule has 8 heteroatoms. The van der Waals surface area contributed by atoms with E-state index in [-0.39, 0.29) is 0 Å². The maximum atomic E-state index is 5.99. The van der Waals surface area contributed by atoms with Gasteiger partial charge in [0.15, 0.2) is 5.16 Å². The molecule has 2 rings (SSSR count). The van der Waals surface area contributed by atoms with Crippen LogP contribution in [-0.2, 0) is 7.05 Å². The van der Waals surface area contributed by atoms with Crippen LogP contribution >= 0.6 is 23.4 Å². The number of hydrogen-bond acceptors (Lipinski definition) is 6. The third kappa shape index (κ3) is 2.25. The summed E-state index contributed by atoms with van der Waals surface area (Å²) in [5.74, 6) is 0.522. The first kappa shape index (κ1) is 11.2. The van der Waals surface area contributed by atoms with Gasteiger partial charge in [0.2, 0.25) is 5.95 Å². The Morgan fingerprint density at radius 2 is 2.25 bits per heavy atom. The zero-order chi connectivity index (χ0) is 11.5. The second kappa shape index (κ2) is 4.67. The van der Waals surface area contributed by atoms with E-state index in [1.807, 2.05) is 7.05 Å². The number of nitrogens with zero attached hydrogens (tertiary/aromatic N) is 5. The van der Waals surface area contributed by atoms with Gasteiger partial charge in [-0.05, 0) is 11.8 Å². The van der Waals surface area contributed by atoms with E-state index in [2.05, 4.69) is 25.4 Å². The van der Waals surface area contributed by atoms with E-state index in [1.165, 1.54) is 18.1 Å². The molecular weight excluding hydrogens is 248 g/mol. The summed E-state index contributed by atoms with van der Waals surface area (Å²) in [6.45, 7) is 0. The molecule has 0 atom stereocenters. The van der Waals surface area contributed by atoms with Crippen molar-refractivity contribution < 1.29 is 0 Å². The molecule has 0 amide bonds. The van der Waals surface area contributed by atoms with Gasteiger partial charge in [0.05, 0.1) is 11.2 Å². The second-order valence-corrected chi connectivity index (χ2v) is 4.23. The Morgan fingerprint density at radius 3 is 2.88 bits per heavy atom. The fourth-order valence-corrected chi connectivity index (χ4v) is 1.95. The van der Waals surface area contributed by atoms with E-state index >= 15 is 0 Å². The van der Waals surface area contributed by atoms with Crippen LogP contribution in [0.4, 0.5) is 5.95 Å². The zero-order valence-electron chi connectivity index (χ0n) is 8.68. The topological polar surface area (TPSA) is 68.5 Å². The van der Waals surface area contributed by atoms with Crippen LogP contribution in [0.5, 0.6) is 0 Å². The van der Waals surface area contributed by atoms with Gasteiger partial charge >= 0.3 is 0 Å². The van der Waals surface area contributed by atoms with Crippen LogP contribution in [0, 0.1) is 0 Å². The molecule has 1 N–H and O–H groups in total. The van der Waals surface area contributed by atoms with Crippen molar-refractivity contribution >= 4 is 29.3 Å². The lowest BCUT2D eigenvalue weighted by molar-refractivity contribution is 0.684. The molecule has 0 aliphatic heterocycles. The van der Waals surface area contributed by atoms with Crippen molar-refractivity contribution in [3.63, 3.8) is 0 Å². The van der Waals surface area contributed by atoms with Crippen LogP contribution < -0.4 is 5.32 Å². The average Bonchev–Trinajstić information content (AvgIpc) is 2.68. The Hall–Kier alpha value is -1.34. The predicted molar refractivity (Wildman–Crippen MR) is 61.7 cm³/mol. The first-order valence-corrected chi connectivity index (χ1v) is 5.62. The summed E-state index contributed by atoms with van der Waals surface area (Å²) in [5, 5.41) is 8.69. The molecule has 16 heavy (non-hydrogen) atoms. The van der Waals surface area contributed by atoms with Crippen molar-refractivity contribution in [2.45, 2.75) is 10.2 Å². The molecule has 6 nitrogen and oxygen atoms in total. The number of anilines is 1. The molecule has 0 radical (unpaired) electrons. The third-order valence-electron chi connectivity index (χ3n) is 1.79. The summed E-state index contributed by atoms with van der Waals surface area (Å²) in [6.07, 6.45) is 3.04. The van der Waals surface area contributed by atoms with Crippen molar-refractivity contribution in [1.82, 2.24) is 24.7 Å². The van der Waals surface area contributed by atoms with Crippen molar-refractivity contribution in [2.75, 3.05) is 12.4 Å². The number of nitrogens with one attached hydrogen (secondary N) is 1. The highest BCUT2D eigenvalue weighted by Gasteiger charge is 2.10. The van der Waals surface area contributed by atoms with Crippen LogP contribution in [0.15, 0.2) is 22.7 Å². The molecule has 0 unspecified atom stereocenters. The second-order valence-electron chi connectivity index (χ2n) is 2.86. The normalized spacial score (nSPS) is 10.4. The standard InChI is InChI=1S/C8H9ClN6S/c1-10-7-11-3-5(9)6(14-7)16-8-12-4-13-15(8)2/h3-4H,1-2H3,(H,10,11,14). The van der Waals surface area contributed by atoms with E-state index in [4.69, 9.17) is 11.6 Å². The number of halogens is 1. The Morgan fingerprint density at radius 1 is 1.44 bits per heavy atom. The minimum atomic E-state index is 0.493. The Kier molecular flexibility index (Phi) is 3.25. The molecule has 0 aromatic carbocycles. The molecule has 0 spiro atoms. The zero-order valence-corrected chi connectivity index (χ0v) is 10.2. The molecule has 0 saturated carbocycles. The minimum Gasteiger partial charge on any atom is -0.357 e. The molecule has 0 aliphatic carbocycles. The van der Waals surface area contributed by atoms with Crippen molar-refractivity contribution in [1.29, 1.82) is 0 Å². The minimum absolute atomic E-state index is 0.493. The van der Waals surface area contributed by atoms with Crippen LogP contribution in [0.2, 0.25) is 5.02 Å². The number of hydrogen-bond donors (Lipinski definition) is 1.